The van der Waals surface area contributed by atoms with Gasteiger partial charge in [-0.1, -0.05) is 13.0 Å². The molecule has 0 aromatic heterocycles. The van der Waals surface area contributed by atoms with Crippen molar-refractivity contribution in [1.29, 1.82) is 0 Å². The third-order valence-electron chi connectivity index (χ3n) is 3.73. The number of hydrogen-bond acceptors (Lipinski definition) is 4. The Morgan fingerprint density at radius 3 is 2.74 bits per heavy atom. The van der Waals surface area contributed by atoms with Gasteiger partial charge >= 0.3 is 0 Å². The molecule has 0 unspecified atom stereocenters. The van der Waals surface area contributed by atoms with Crippen molar-refractivity contribution in [2.45, 2.75) is 6.92 Å². The number of likely N-dealkylation sites (N-methyl/N-ethyl adjacent to an activating group) is 1. The Balaban J connectivity index is 1.76. The van der Waals surface area contributed by atoms with Crippen LogP contribution in [0, 0.1) is 0 Å². The molecule has 0 N–H and O–H groups in total. The van der Waals surface area contributed by atoms with Gasteiger partial charge in [0.2, 0.25) is 6.79 Å². The zero-order valence-electron chi connectivity index (χ0n) is 11.1. The van der Waals surface area contributed by atoms with Gasteiger partial charge in [0.1, 0.15) is 0 Å². The molecule has 2 aliphatic rings. The molecule has 0 aliphatic carbocycles. The summed E-state index contributed by atoms with van der Waals surface area (Å²) in [6, 6.07) is 5.47. The van der Waals surface area contributed by atoms with Crippen molar-refractivity contribution < 1.29 is 14.3 Å². The first kappa shape index (κ1) is 12.3. The van der Waals surface area contributed by atoms with Crippen molar-refractivity contribution in [2.24, 2.45) is 0 Å². The number of para-hydroxylation sites is 1. The molecular formula is C14H18N2O3. The number of piperazine rings is 1. The van der Waals surface area contributed by atoms with E-state index in [-0.39, 0.29) is 12.7 Å². The molecule has 2 heterocycles. The lowest BCUT2D eigenvalue weighted by molar-refractivity contribution is 0.0639. The van der Waals surface area contributed by atoms with E-state index in [0.29, 0.717) is 17.1 Å². The second-order valence-corrected chi connectivity index (χ2v) is 4.77. The van der Waals surface area contributed by atoms with Crippen LogP contribution in [0.3, 0.4) is 0 Å². The number of hydrogen-bond donors (Lipinski definition) is 0. The van der Waals surface area contributed by atoms with E-state index in [2.05, 4.69) is 11.8 Å². The van der Waals surface area contributed by atoms with Crippen LogP contribution in [0.25, 0.3) is 0 Å². The first-order chi connectivity index (χ1) is 9.29. The maximum atomic E-state index is 12.5. The van der Waals surface area contributed by atoms with Crippen molar-refractivity contribution >= 4 is 5.91 Å². The minimum absolute atomic E-state index is 0.0399. The lowest BCUT2D eigenvalue weighted by Gasteiger charge is -2.34. The molecule has 1 aromatic rings. The highest BCUT2D eigenvalue weighted by Crippen LogP contribution is 2.35. The number of rotatable bonds is 2. The molecule has 2 aliphatic heterocycles. The Kier molecular flexibility index (Phi) is 3.29. The van der Waals surface area contributed by atoms with Crippen LogP contribution in [-0.2, 0) is 0 Å². The highest BCUT2D eigenvalue weighted by Gasteiger charge is 2.27. The minimum atomic E-state index is 0.0399. The molecule has 102 valence electrons. The smallest absolute Gasteiger partial charge is 0.257 e. The normalized spacial score (nSPS) is 18.7. The predicted molar refractivity (Wildman–Crippen MR) is 70.6 cm³/mol. The van der Waals surface area contributed by atoms with Crippen LogP contribution in [0.15, 0.2) is 18.2 Å². The molecule has 5 heteroatoms. The van der Waals surface area contributed by atoms with Crippen molar-refractivity contribution in [3.8, 4) is 11.5 Å². The van der Waals surface area contributed by atoms with Gasteiger partial charge in [-0.15, -0.1) is 0 Å². The van der Waals surface area contributed by atoms with Crippen LogP contribution < -0.4 is 9.47 Å². The molecule has 0 radical (unpaired) electrons. The van der Waals surface area contributed by atoms with Crippen molar-refractivity contribution in [2.75, 3.05) is 39.5 Å². The van der Waals surface area contributed by atoms with Crippen molar-refractivity contribution in [3.05, 3.63) is 23.8 Å². The first-order valence-electron chi connectivity index (χ1n) is 6.70. The number of carbonyl (C=O) groups excluding carboxylic acids is 1. The Labute approximate surface area is 112 Å². The lowest BCUT2D eigenvalue weighted by Crippen LogP contribution is -2.48. The fourth-order valence-corrected chi connectivity index (χ4v) is 2.54. The maximum Gasteiger partial charge on any atom is 0.257 e. The van der Waals surface area contributed by atoms with Crippen LogP contribution >= 0.6 is 0 Å². The Bertz CT molecular complexity index is 482. The molecule has 3 rings (SSSR count). The van der Waals surface area contributed by atoms with E-state index in [1.165, 1.54) is 0 Å². The van der Waals surface area contributed by atoms with Gasteiger partial charge in [-0.3, -0.25) is 4.79 Å². The Morgan fingerprint density at radius 1 is 1.21 bits per heavy atom. The fraction of sp³-hybridized carbons (Fsp3) is 0.500. The average molecular weight is 262 g/mol. The topological polar surface area (TPSA) is 42.0 Å². The molecule has 0 bridgehead atoms. The molecule has 1 fully saturated rings. The summed E-state index contributed by atoms with van der Waals surface area (Å²) in [5.41, 5.74) is 0.611. The van der Waals surface area contributed by atoms with E-state index >= 15 is 0 Å². The van der Waals surface area contributed by atoms with Crippen LogP contribution in [0.5, 0.6) is 11.5 Å². The zero-order valence-corrected chi connectivity index (χ0v) is 11.1. The summed E-state index contributed by atoms with van der Waals surface area (Å²) in [5.74, 6) is 1.29. The van der Waals surface area contributed by atoms with Crippen molar-refractivity contribution in [1.82, 2.24) is 9.80 Å². The molecule has 1 amide bonds. The lowest BCUT2D eigenvalue weighted by atomic mass is 10.1. The summed E-state index contributed by atoms with van der Waals surface area (Å²) in [5, 5.41) is 0. The fourth-order valence-electron chi connectivity index (χ4n) is 2.54. The number of fused-ring (bicyclic) bond motifs is 1. The zero-order chi connectivity index (χ0) is 13.2. The van der Waals surface area contributed by atoms with E-state index in [9.17, 15) is 4.79 Å². The predicted octanol–water partition coefficient (Wildman–Crippen LogP) is 1.19. The largest absolute Gasteiger partial charge is 0.454 e. The summed E-state index contributed by atoms with van der Waals surface area (Å²) in [7, 11) is 0. The molecule has 1 saturated heterocycles. The summed E-state index contributed by atoms with van der Waals surface area (Å²) in [6.07, 6.45) is 0. The SMILES string of the molecule is CCN1CCN(C(=O)c2cccc3c2OCO3)CC1. The van der Waals surface area contributed by atoms with Gasteiger partial charge < -0.3 is 19.3 Å². The van der Waals surface area contributed by atoms with Crippen LogP contribution in [-0.4, -0.2) is 55.2 Å². The summed E-state index contributed by atoms with van der Waals surface area (Å²) in [4.78, 5) is 16.8. The number of amides is 1. The number of carbonyl (C=O) groups is 1. The summed E-state index contributed by atoms with van der Waals surface area (Å²) in [6.45, 7) is 6.81. The van der Waals surface area contributed by atoms with E-state index in [1.54, 1.807) is 0 Å². The average Bonchev–Trinajstić information content (AvgIpc) is 2.95. The quantitative estimate of drug-likeness (QED) is 0.803. The number of ether oxygens (including phenoxy) is 2. The van der Waals surface area contributed by atoms with Crippen molar-refractivity contribution in [3.63, 3.8) is 0 Å². The molecule has 1 aromatic carbocycles. The van der Waals surface area contributed by atoms with Crippen LogP contribution in [0.4, 0.5) is 0 Å². The standard InChI is InChI=1S/C14H18N2O3/c1-2-15-6-8-16(9-7-15)14(17)11-4-3-5-12-13(11)19-10-18-12/h3-5H,2,6-10H2,1H3. The van der Waals surface area contributed by atoms with Gasteiger partial charge in [-0.2, -0.15) is 0 Å². The molecule has 0 spiro atoms. The van der Waals surface area contributed by atoms with Gasteiger partial charge in [0.15, 0.2) is 11.5 Å². The van der Waals surface area contributed by atoms with Crippen LogP contribution in [0.2, 0.25) is 0 Å². The second-order valence-electron chi connectivity index (χ2n) is 4.77. The van der Waals surface area contributed by atoms with Gasteiger partial charge in [0.25, 0.3) is 5.91 Å². The molecule has 5 nitrogen and oxygen atoms in total. The van der Waals surface area contributed by atoms with E-state index < -0.39 is 0 Å². The molecule has 0 atom stereocenters. The minimum Gasteiger partial charge on any atom is -0.454 e. The van der Waals surface area contributed by atoms with Crippen LogP contribution in [0.1, 0.15) is 17.3 Å². The molecule has 19 heavy (non-hydrogen) atoms. The Morgan fingerprint density at radius 2 is 2.00 bits per heavy atom. The molecule has 0 saturated carbocycles. The van der Waals surface area contributed by atoms with Gasteiger partial charge in [-0.05, 0) is 18.7 Å². The van der Waals surface area contributed by atoms with Gasteiger partial charge in [-0.25, -0.2) is 0 Å². The van der Waals surface area contributed by atoms with Gasteiger partial charge in [0.05, 0.1) is 5.56 Å². The molecular weight excluding hydrogens is 244 g/mol. The van der Waals surface area contributed by atoms with E-state index in [4.69, 9.17) is 9.47 Å². The number of benzene rings is 1. The number of nitrogens with zero attached hydrogens (tertiary/aromatic N) is 2. The second kappa shape index (κ2) is 5.09. The third-order valence-corrected chi connectivity index (χ3v) is 3.73. The highest BCUT2D eigenvalue weighted by atomic mass is 16.7. The van der Waals surface area contributed by atoms with E-state index in [0.717, 1.165) is 32.7 Å². The monoisotopic (exact) mass is 262 g/mol. The maximum absolute atomic E-state index is 12.5. The van der Waals surface area contributed by atoms with E-state index in [1.807, 2.05) is 23.1 Å². The summed E-state index contributed by atoms with van der Waals surface area (Å²) >= 11 is 0. The van der Waals surface area contributed by atoms with Gasteiger partial charge in [0, 0.05) is 26.2 Å². The summed E-state index contributed by atoms with van der Waals surface area (Å²) < 4.78 is 10.7. The first-order valence-corrected chi connectivity index (χ1v) is 6.70. The third kappa shape index (κ3) is 2.26. The Hall–Kier alpha value is -1.75. The highest BCUT2D eigenvalue weighted by molar-refractivity contribution is 5.98.